The fourth-order valence-corrected chi connectivity index (χ4v) is 2.32. The molecule has 1 heterocycles. The molecule has 0 fully saturated rings. The molecule has 0 saturated carbocycles. The van der Waals surface area contributed by atoms with Crippen molar-refractivity contribution in [3.63, 3.8) is 0 Å². The van der Waals surface area contributed by atoms with E-state index < -0.39 is 0 Å². The Hall–Kier alpha value is -1.72. The zero-order valence-electron chi connectivity index (χ0n) is 10.8. The van der Waals surface area contributed by atoms with E-state index in [2.05, 4.69) is 10.3 Å². The molecule has 0 unspecified atom stereocenters. The number of amides is 1. The van der Waals surface area contributed by atoms with Crippen LogP contribution >= 0.6 is 11.3 Å². The molecule has 1 aromatic carbocycles. The second kappa shape index (κ2) is 7.01. The number of carbonyl (C=O) groups is 1. The molecule has 19 heavy (non-hydrogen) atoms. The molecule has 2 aromatic rings. The molecule has 5 heteroatoms. The number of ether oxygens (including phenoxy) is 1. The Morgan fingerprint density at radius 2 is 2.37 bits per heavy atom. The van der Waals surface area contributed by atoms with Gasteiger partial charge in [-0.15, -0.1) is 11.3 Å². The van der Waals surface area contributed by atoms with Gasteiger partial charge in [0.15, 0.2) is 0 Å². The summed E-state index contributed by atoms with van der Waals surface area (Å²) in [5.74, 6) is -0.0606. The number of nitrogens with one attached hydrogen (secondary N) is 1. The minimum Gasteiger partial charge on any atom is -0.385 e. The molecule has 0 aliphatic rings. The summed E-state index contributed by atoms with van der Waals surface area (Å²) in [6, 6.07) is 7.51. The lowest BCUT2D eigenvalue weighted by atomic mass is 10.1. The molecule has 0 atom stereocenters. The van der Waals surface area contributed by atoms with Gasteiger partial charge in [-0.3, -0.25) is 4.79 Å². The van der Waals surface area contributed by atoms with Crippen LogP contribution in [0, 0.1) is 0 Å². The predicted octanol–water partition coefficient (Wildman–Crippen LogP) is 2.58. The van der Waals surface area contributed by atoms with Crippen LogP contribution in [0.2, 0.25) is 0 Å². The molecule has 1 N–H and O–H groups in total. The van der Waals surface area contributed by atoms with Crippen molar-refractivity contribution in [2.45, 2.75) is 6.42 Å². The first-order valence-electron chi connectivity index (χ1n) is 6.08. The van der Waals surface area contributed by atoms with E-state index in [1.807, 2.05) is 29.6 Å². The van der Waals surface area contributed by atoms with Crippen LogP contribution in [0.25, 0.3) is 10.6 Å². The summed E-state index contributed by atoms with van der Waals surface area (Å²) in [5, 5.41) is 5.72. The summed E-state index contributed by atoms with van der Waals surface area (Å²) in [6.07, 6.45) is 2.58. The van der Waals surface area contributed by atoms with Crippen molar-refractivity contribution in [2.75, 3.05) is 20.3 Å². The average Bonchev–Trinajstić information content (AvgIpc) is 2.98. The molecule has 4 nitrogen and oxygen atoms in total. The van der Waals surface area contributed by atoms with Crippen molar-refractivity contribution >= 4 is 17.2 Å². The van der Waals surface area contributed by atoms with Gasteiger partial charge in [-0.1, -0.05) is 12.1 Å². The van der Waals surface area contributed by atoms with Crippen molar-refractivity contribution in [1.82, 2.24) is 10.3 Å². The summed E-state index contributed by atoms with van der Waals surface area (Å²) >= 11 is 1.56. The van der Waals surface area contributed by atoms with Gasteiger partial charge in [0.1, 0.15) is 5.01 Å². The summed E-state index contributed by atoms with van der Waals surface area (Å²) < 4.78 is 4.94. The number of hydrogen-bond acceptors (Lipinski definition) is 4. The standard InChI is InChI=1S/C14H16N2O2S/c1-18-8-3-6-15-13(17)11-4-2-5-12(10-11)14-16-7-9-19-14/h2,4-5,7,9-10H,3,6,8H2,1H3,(H,15,17). The first kappa shape index (κ1) is 13.7. The van der Waals surface area contributed by atoms with E-state index in [0.717, 1.165) is 17.0 Å². The molecular weight excluding hydrogens is 260 g/mol. The molecule has 0 spiro atoms. The Morgan fingerprint density at radius 1 is 1.47 bits per heavy atom. The smallest absolute Gasteiger partial charge is 0.251 e. The Kier molecular flexibility index (Phi) is 5.06. The number of nitrogens with zero attached hydrogens (tertiary/aromatic N) is 1. The van der Waals surface area contributed by atoms with Crippen molar-refractivity contribution < 1.29 is 9.53 Å². The maximum Gasteiger partial charge on any atom is 0.251 e. The third-order valence-electron chi connectivity index (χ3n) is 2.61. The number of benzene rings is 1. The van der Waals surface area contributed by atoms with E-state index in [1.165, 1.54) is 0 Å². The monoisotopic (exact) mass is 276 g/mol. The van der Waals surface area contributed by atoms with Crippen LogP contribution in [0.4, 0.5) is 0 Å². The number of rotatable bonds is 6. The number of hydrogen-bond donors (Lipinski definition) is 1. The molecule has 1 aromatic heterocycles. The minimum atomic E-state index is -0.0606. The first-order valence-corrected chi connectivity index (χ1v) is 6.96. The van der Waals surface area contributed by atoms with Crippen LogP contribution in [0.3, 0.4) is 0 Å². The van der Waals surface area contributed by atoms with Crippen molar-refractivity contribution in [3.05, 3.63) is 41.4 Å². The average molecular weight is 276 g/mol. The van der Waals surface area contributed by atoms with Gasteiger partial charge in [0.2, 0.25) is 0 Å². The zero-order valence-corrected chi connectivity index (χ0v) is 11.6. The molecule has 0 aliphatic carbocycles. The van der Waals surface area contributed by atoms with Crippen LogP contribution in [0.1, 0.15) is 16.8 Å². The van der Waals surface area contributed by atoms with Gasteiger partial charge in [0.25, 0.3) is 5.91 Å². The summed E-state index contributed by atoms with van der Waals surface area (Å²) in [7, 11) is 1.65. The largest absolute Gasteiger partial charge is 0.385 e. The third-order valence-corrected chi connectivity index (χ3v) is 3.44. The fraction of sp³-hybridized carbons (Fsp3) is 0.286. The second-order valence-corrected chi connectivity index (χ2v) is 4.91. The maximum absolute atomic E-state index is 12.0. The van der Waals surface area contributed by atoms with Crippen LogP contribution in [-0.2, 0) is 4.74 Å². The van der Waals surface area contributed by atoms with Gasteiger partial charge < -0.3 is 10.1 Å². The summed E-state index contributed by atoms with van der Waals surface area (Å²) in [6.45, 7) is 1.27. The fourth-order valence-electron chi connectivity index (χ4n) is 1.68. The highest BCUT2D eigenvalue weighted by Crippen LogP contribution is 2.22. The number of aromatic nitrogens is 1. The zero-order chi connectivity index (χ0) is 13.5. The Balaban J connectivity index is 2.00. The number of carbonyl (C=O) groups excluding carboxylic acids is 1. The summed E-state index contributed by atoms with van der Waals surface area (Å²) in [5.41, 5.74) is 1.63. The van der Waals surface area contributed by atoms with Gasteiger partial charge >= 0.3 is 0 Å². The van der Waals surface area contributed by atoms with Crippen LogP contribution in [0.5, 0.6) is 0 Å². The lowest BCUT2D eigenvalue weighted by Crippen LogP contribution is -2.25. The molecule has 2 rings (SSSR count). The molecule has 0 saturated heterocycles. The van der Waals surface area contributed by atoms with E-state index in [4.69, 9.17) is 4.74 Å². The topological polar surface area (TPSA) is 51.2 Å². The molecule has 0 aliphatic heterocycles. The van der Waals surface area contributed by atoms with E-state index in [0.29, 0.717) is 18.7 Å². The lowest BCUT2D eigenvalue weighted by Gasteiger charge is -2.06. The first-order chi connectivity index (χ1) is 9.31. The third kappa shape index (κ3) is 3.87. The highest BCUT2D eigenvalue weighted by molar-refractivity contribution is 7.13. The molecular formula is C14H16N2O2S. The van der Waals surface area contributed by atoms with Gasteiger partial charge in [-0.05, 0) is 18.6 Å². The van der Waals surface area contributed by atoms with Gasteiger partial charge in [0, 0.05) is 43.0 Å². The van der Waals surface area contributed by atoms with Gasteiger partial charge in [0.05, 0.1) is 0 Å². The van der Waals surface area contributed by atoms with E-state index in [1.54, 1.807) is 24.6 Å². The quantitative estimate of drug-likeness (QED) is 0.825. The van der Waals surface area contributed by atoms with Crippen molar-refractivity contribution in [1.29, 1.82) is 0 Å². The predicted molar refractivity (Wildman–Crippen MR) is 76.4 cm³/mol. The van der Waals surface area contributed by atoms with Crippen molar-refractivity contribution in [2.24, 2.45) is 0 Å². The summed E-state index contributed by atoms with van der Waals surface area (Å²) in [4.78, 5) is 16.2. The van der Waals surface area contributed by atoms with Crippen molar-refractivity contribution in [3.8, 4) is 10.6 Å². The Morgan fingerprint density at radius 3 is 3.11 bits per heavy atom. The highest BCUT2D eigenvalue weighted by atomic mass is 32.1. The normalized spacial score (nSPS) is 10.4. The molecule has 1 amide bonds. The Labute approximate surface area is 116 Å². The van der Waals surface area contributed by atoms with Crippen LogP contribution < -0.4 is 5.32 Å². The molecule has 0 radical (unpaired) electrons. The van der Waals surface area contributed by atoms with E-state index in [-0.39, 0.29) is 5.91 Å². The van der Waals surface area contributed by atoms with E-state index >= 15 is 0 Å². The molecule has 0 bridgehead atoms. The molecule has 100 valence electrons. The number of thiazole rings is 1. The van der Waals surface area contributed by atoms with Gasteiger partial charge in [-0.2, -0.15) is 0 Å². The SMILES string of the molecule is COCCCNC(=O)c1cccc(-c2nccs2)c1. The number of methoxy groups -OCH3 is 1. The van der Waals surface area contributed by atoms with E-state index in [9.17, 15) is 4.79 Å². The minimum absolute atomic E-state index is 0.0606. The maximum atomic E-state index is 12.0. The van der Waals surface area contributed by atoms with Crippen LogP contribution in [-0.4, -0.2) is 31.2 Å². The van der Waals surface area contributed by atoms with Crippen LogP contribution in [0.15, 0.2) is 35.8 Å². The van der Waals surface area contributed by atoms with Gasteiger partial charge in [-0.25, -0.2) is 4.98 Å². The lowest BCUT2D eigenvalue weighted by molar-refractivity contribution is 0.0948. The Bertz CT molecular complexity index is 526. The second-order valence-electron chi connectivity index (χ2n) is 4.02. The highest BCUT2D eigenvalue weighted by Gasteiger charge is 2.07.